The number of hydrogen-bond donors (Lipinski definition) is 2. The Morgan fingerprint density at radius 3 is 1.29 bits per heavy atom. The topological polar surface area (TPSA) is 173 Å². The summed E-state index contributed by atoms with van der Waals surface area (Å²) < 4.78 is 80.0. The van der Waals surface area contributed by atoms with Crippen LogP contribution in [0.3, 0.4) is 0 Å². The predicted molar refractivity (Wildman–Crippen MR) is 232 cm³/mol. The molecule has 2 N–H and O–H groups in total. The second kappa shape index (κ2) is 28.6. The third-order valence-corrected chi connectivity index (χ3v) is 11.8. The monoisotopic (exact) mass is 878 g/mol. The molecule has 0 bridgehead atoms. The molecule has 320 valence electrons. The van der Waals surface area contributed by atoms with Gasteiger partial charge in [-0.3, -0.25) is 4.55 Å². The normalized spacial score (nSPS) is 11.3. The summed E-state index contributed by atoms with van der Waals surface area (Å²) >= 11 is 0. The fourth-order valence-corrected chi connectivity index (χ4v) is 8.28. The fraction of sp³-hybridized carbons (Fsp3) is 0.478. The Labute approximate surface area is 383 Å². The van der Waals surface area contributed by atoms with Crippen LogP contribution in [0.1, 0.15) is 141 Å². The van der Waals surface area contributed by atoms with Gasteiger partial charge in [-0.25, -0.2) is 8.42 Å². The first-order valence-corrected chi connectivity index (χ1v) is 23.8. The molecule has 13 heteroatoms. The molecule has 0 saturated heterocycles. The van der Waals surface area contributed by atoms with Crippen LogP contribution in [0.5, 0.6) is 34.5 Å². The summed E-state index contributed by atoms with van der Waals surface area (Å²) in [7, 11) is -9.11. The largest absolute Gasteiger partial charge is 2.00 e. The molecule has 0 spiro atoms. The molecule has 0 amide bonds. The van der Waals surface area contributed by atoms with Crippen LogP contribution in [-0.2, 0) is 33.1 Å². The maximum atomic E-state index is 12.4. The molecule has 0 saturated carbocycles. The number of benzene rings is 4. The number of hydrogen-bond acceptors (Lipinski definition) is 9. The van der Waals surface area contributed by atoms with E-state index in [1.54, 1.807) is 48.5 Å². The molecular weight excluding hydrogens is 817 g/mol. The van der Waals surface area contributed by atoms with Crippen molar-refractivity contribution in [2.45, 2.75) is 152 Å². The van der Waals surface area contributed by atoms with Gasteiger partial charge in [-0.2, -0.15) is 8.42 Å². The Morgan fingerprint density at radius 2 is 0.881 bits per heavy atom. The molecule has 59 heavy (non-hydrogen) atoms. The van der Waals surface area contributed by atoms with E-state index in [-0.39, 0.29) is 70.3 Å². The molecule has 0 aliphatic heterocycles. The van der Waals surface area contributed by atoms with E-state index in [9.17, 15) is 36.2 Å². The number of para-hydroxylation sites is 2. The third kappa shape index (κ3) is 19.6. The molecule has 0 fully saturated rings. The maximum Gasteiger partial charge on any atom is 2.00 e. The van der Waals surface area contributed by atoms with Crippen molar-refractivity contribution >= 4 is 58.0 Å². The van der Waals surface area contributed by atoms with Crippen LogP contribution in [0.25, 0.3) is 0 Å². The molecule has 0 atom stereocenters. The van der Waals surface area contributed by atoms with Crippen LogP contribution in [0, 0.1) is 0 Å². The predicted octanol–water partition coefficient (Wildman–Crippen LogP) is 11.7. The molecule has 0 unspecified atom stereocenters. The quantitative estimate of drug-likeness (QED) is 0.0351. The van der Waals surface area contributed by atoms with Crippen molar-refractivity contribution in [2.24, 2.45) is 0 Å². The Kier molecular flexibility index (Phi) is 25.4. The summed E-state index contributed by atoms with van der Waals surface area (Å²) in [6.45, 7) is 4.40. The first-order chi connectivity index (χ1) is 27.9. The van der Waals surface area contributed by atoms with Gasteiger partial charge in [-0.1, -0.05) is 165 Å². The minimum absolute atomic E-state index is 0. The molecular formula is C46H62CaO10S2. The van der Waals surface area contributed by atoms with Gasteiger partial charge in [-0.05, 0) is 68.1 Å². The zero-order chi connectivity index (χ0) is 42.2. The van der Waals surface area contributed by atoms with E-state index in [1.165, 1.54) is 82.8 Å². The van der Waals surface area contributed by atoms with Crippen LogP contribution >= 0.6 is 0 Å². The first-order valence-electron chi connectivity index (χ1n) is 20.9. The van der Waals surface area contributed by atoms with E-state index in [0.29, 0.717) is 36.3 Å². The molecule has 0 aromatic heterocycles. The zero-order valence-electron chi connectivity index (χ0n) is 34.9. The number of phenolic OH excluding ortho intramolecular Hbond substituents is 1. The summed E-state index contributed by atoms with van der Waals surface area (Å²) in [6.07, 6.45) is 21.1. The Bertz CT molecular complexity index is 1850. The molecule has 0 heterocycles. The van der Waals surface area contributed by atoms with Gasteiger partial charge in [0, 0.05) is 11.1 Å². The molecule has 0 aliphatic carbocycles. The van der Waals surface area contributed by atoms with Crippen molar-refractivity contribution in [3.05, 3.63) is 96.1 Å². The minimum atomic E-state index is -4.69. The van der Waals surface area contributed by atoms with Crippen LogP contribution in [-0.4, -0.2) is 68.8 Å². The van der Waals surface area contributed by atoms with Crippen LogP contribution in [0.2, 0.25) is 0 Å². The number of aromatic hydroxyl groups is 1. The van der Waals surface area contributed by atoms with E-state index in [0.717, 1.165) is 50.7 Å². The van der Waals surface area contributed by atoms with Crippen molar-refractivity contribution < 1.29 is 45.6 Å². The van der Waals surface area contributed by atoms with Gasteiger partial charge in [-0.15, -0.1) is 0 Å². The van der Waals surface area contributed by atoms with Crippen LogP contribution in [0.15, 0.2) is 94.7 Å². The second-order valence-corrected chi connectivity index (χ2v) is 17.4. The van der Waals surface area contributed by atoms with Crippen molar-refractivity contribution in [1.82, 2.24) is 0 Å². The van der Waals surface area contributed by atoms with Gasteiger partial charge in [0.05, 0.1) is 4.90 Å². The Hall–Kier alpha value is -2.84. The van der Waals surface area contributed by atoms with Crippen molar-refractivity contribution in [2.75, 3.05) is 0 Å². The summed E-state index contributed by atoms with van der Waals surface area (Å²) in [5.74, 6) is 0.375. The van der Waals surface area contributed by atoms with Gasteiger partial charge in [0.15, 0.2) is 11.5 Å². The third-order valence-electron chi connectivity index (χ3n) is 9.91. The molecule has 4 rings (SSSR count). The molecule has 10 nitrogen and oxygen atoms in total. The molecule has 4 aromatic rings. The fourth-order valence-electron chi connectivity index (χ4n) is 6.80. The number of rotatable bonds is 26. The maximum absolute atomic E-state index is 12.4. The standard InChI is InChI=1S/2C23H32O5S.Ca/c2*1-2-3-4-5-6-7-8-9-13-16-20-22(29(25,26)27)18-17-21(24)23(20)28-19-14-11-10-12-15-19;/h2*10-12,14-15,17-18,24H,2-9,13,16H2,1H3,(H,25,26,27);/q;;+2/p-2. The summed E-state index contributed by atoms with van der Waals surface area (Å²) in [4.78, 5) is -0.566. The van der Waals surface area contributed by atoms with Gasteiger partial charge in [0.25, 0.3) is 10.1 Å². The van der Waals surface area contributed by atoms with Gasteiger partial charge < -0.3 is 24.2 Å². The summed E-state index contributed by atoms with van der Waals surface area (Å²) in [6, 6.07) is 22.2. The molecule has 0 aliphatic rings. The average molecular weight is 879 g/mol. The van der Waals surface area contributed by atoms with E-state index >= 15 is 0 Å². The van der Waals surface area contributed by atoms with Crippen molar-refractivity contribution in [3.63, 3.8) is 0 Å². The molecule has 0 radical (unpaired) electrons. The van der Waals surface area contributed by atoms with Gasteiger partial charge in [0.2, 0.25) is 0 Å². The smallest absolute Gasteiger partial charge is 0.870 e. The minimum Gasteiger partial charge on any atom is -0.870 e. The summed E-state index contributed by atoms with van der Waals surface area (Å²) in [5.41, 5.74) is 0.513. The van der Waals surface area contributed by atoms with E-state index < -0.39 is 26.0 Å². The average Bonchev–Trinajstić information content (AvgIpc) is 3.19. The van der Waals surface area contributed by atoms with E-state index in [2.05, 4.69) is 13.8 Å². The number of unbranched alkanes of at least 4 members (excludes halogenated alkanes) is 16. The number of ether oxygens (including phenoxy) is 2. The van der Waals surface area contributed by atoms with Crippen LogP contribution < -0.4 is 14.6 Å². The van der Waals surface area contributed by atoms with Crippen molar-refractivity contribution in [1.29, 1.82) is 0 Å². The van der Waals surface area contributed by atoms with E-state index in [1.807, 2.05) is 12.1 Å². The van der Waals surface area contributed by atoms with E-state index in [4.69, 9.17) is 9.47 Å². The first kappa shape index (κ1) is 52.3. The van der Waals surface area contributed by atoms with Crippen LogP contribution in [0.4, 0.5) is 0 Å². The molecule has 4 aromatic carbocycles. The number of phenols is 1. The Morgan fingerprint density at radius 1 is 0.508 bits per heavy atom. The van der Waals surface area contributed by atoms with Gasteiger partial charge in [0.1, 0.15) is 32.3 Å². The summed E-state index contributed by atoms with van der Waals surface area (Å²) in [5, 5.41) is 22.6. The Balaban J connectivity index is 0.000000400. The second-order valence-electron chi connectivity index (χ2n) is 14.7. The SMILES string of the molecule is CCCCCCCCCCCc1c(S(=O)(=O)O)ccc(O)c1Oc1ccccc1.CCCCCCCCCCCc1c(S(=O)(=O)[O-])ccc([O-])c1Oc1ccccc1.[Ca+2]. The zero-order valence-corrected chi connectivity index (χ0v) is 38.8. The van der Waals surface area contributed by atoms with Gasteiger partial charge >= 0.3 is 37.7 Å². The van der Waals surface area contributed by atoms with Crippen molar-refractivity contribution in [3.8, 4) is 34.5 Å².